The lowest BCUT2D eigenvalue weighted by Crippen LogP contribution is -2.47. The number of aromatic nitrogens is 1. The van der Waals surface area contributed by atoms with Gasteiger partial charge in [-0.3, -0.25) is 4.79 Å². The molecule has 1 unspecified atom stereocenters. The zero-order chi connectivity index (χ0) is 28.0. The largest absolute Gasteiger partial charge is 0.573 e. The van der Waals surface area contributed by atoms with Gasteiger partial charge in [0.1, 0.15) is 17.7 Å². The Morgan fingerprint density at radius 1 is 1.21 bits per heavy atom. The van der Waals surface area contributed by atoms with Gasteiger partial charge in [0.2, 0.25) is 0 Å². The standard InChI is InChI=1S/C27H27F3N4O3S2/c1-2-19(15-35)31-26(38)34-13-11-18(12-14-34)25-33-23(16-39-25)24(36)32-22-6-4-3-5-21(22)17-7-9-20(10-8-17)37-27(28,29)30/h3-10,15-16,18-19H,2,11-14H2,1H3,(H,31,38)(H,32,36). The van der Waals surface area contributed by atoms with Crippen LogP contribution in [-0.2, 0) is 4.79 Å². The van der Waals surface area contributed by atoms with E-state index in [1.807, 2.05) is 6.92 Å². The summed E-state index contributed by atoms with van der Waals surface area (Å²) in [4.78, 5) is 30.8. The zero-order valence-corrected chi connectivity index (χ0v) is 22.7. The first-order valence-corrected chi connectivity index (χ1v) is 13.7. The van der Waals surface area contributed by atoms with Crippen molar-refractivity contribution in [1.82, 2.24) is 15.2 Å². The molecule has 1 saturated heterocycles. The number of amides is 1. The van der Waals surface area contributed by atoms with Crippen molar-refractivity contribution in [2.45, 2.75) is 44.5 Å². The summed E-state index contributed by atoms with van der Waals surface area (Å²) in [5.74, 6) is -0.490. The normalized spacial score (nSPS) is 14.9. The molecule has 7 nitrogen and oxygen atoms in total. The van der Waals surface area contributed by atoms with Crippen LogP contribution in [0, 0.1) is 0 Å². The van der Waals surface area contributed by atoms with Gasteiger partial charge in [0.25, 0.3) is 5.91 Å². The Morgan fingerprint density at radius 2 is 1.90 bits per heavy atom. The highest BCUT2D eigenvalue weighted by molar-refractivity contribution is 7.80. The number of alkyl halides is 3. The lowest BCUT2D eigenvalue weighted by Gasteiger charge is -2.33. The quantitative estimate of drug-likeness (QED) is 0.252. The number of likely N-dealkylation sites (tertiary alicyclic amines) is 1. The number of nitrogens with one attached hydrogen (secondary N) is 2. The molecule has 12 heteroatoms. The smallest absolute Gasteiger partial charge is 0.406 e. The van der Waals surface area contributed by atoms with Gasteiger partial charge in [-0.1, -0.05) is 37.3 Å². The van der Waals surface area contributed by atoms with Crippen molar-refractivity contribution in [3.63, 3.8) is 0 Å². The van der Waals surface area contributed by atoms with E-state index in [-0.39, 0.29) is 23.6 Å². The van der Waals surface area contributed by atoms with Gasteiger partial charge >= 0.3 is 6.36 Å². The number of piperidine rings is 1. The first-order chi connectivity index (χ1) is 18.7. The third kappa shape index (κ3) is 7.54. The predicted octanol–water partition coefficient (Wildman–Crippen LogP) is 5.99. The summed E-state index contributed by atoms with van der Waals surface area (Å²) in [6, 6.07) is 12.2. The molecule has 1 atom stereocenters. The number of thiazole rings is 1. The monoisotopic (exact) mass is 576 g/mol. The number of carbonyl (C=O) groups is 2. The fourth-order valence-corrected chi connectivity index (χ4v) is 5.56. The van der Waals surface area contributed by atoms with Crippen LogP contribution in [-0.4, -0.2) is 52.7 Å². The third-order valence-corrected chi connectivity index (χ3v) is 7.76. The van der Waals surface area contributed by atoms with E-state index >= 15 is 0 Å². The van der Waals surface area contributed by atoms with E-state index in [9.17, 15) is 22.8 Å². The summed E-state index contributed by atoms with van der Waals surface area (Å²) >= 11 is 6.89. The van der Waals surface area contributed by atoms with E-state index in [2.05, 4.69) is 25.3 Å². The summed E-state index contributed by atoms with van der Waals surface area (Å²) in [6.07, 6.45) is -1.59. The maximum absolute atomic E-state index is 13.0. The Labute approximate surface area is 233 Å². The zero-order valence-electron chi connectivity index (χ0n) is 21.0. The molecule has 2 N–H and O–H groups in total. The van der Waals surface area contributed by atoms with E-state index in [1.54, 1.807) is 29.6 Å². The number of benzene rings is 2. The topological polar surface area (TPSA) is 83.6 Å². The van der Waals surface area contributed by atoms with Gasteiger partial charge in [-0.2, -0.15) is 0 Å². The summed E-state index contributed by atoms with van der Waals surface area (Å²) in [5.41, 5.74) is 2.08. The Hall–Kier alpha value is -3.51. The highest BCUT2D eigenvalue weighted by Crippen LogP contribution is 2.33. The van der Waals surface area contributed by atoms with Crippen molar-refractivity contribution in [1.29, 1.82) is 0 Å². The van der Waals surface area contributed by atoms with Gasteiger partial charge in [0.15, 0.2) is 5.11 Å². The van der Waals surface area contributed by atoms with Crippen molar-refractivity contribution in [3.05, 3.63) is 64.6 Å². The van der Waals surface area contributed by atoms with Crippen LogP contribution in [0.1, 0.15) is 47.6 Å². The predicted molar refractivity (Wildman–Crippen MR) is 148 cm³/mol. The fourth-order valence-electron chi connectivity index (χ4n) is 4.26. The molecule has 3 aromatic rings. The Kier molecular flexibility index (Phi) is 9.18. The van der Waals surface area contributed by atoms with E-state index in [0.29, 0.717) is 34.0 Å². The number of ether oxygens (including phenoxy) is 1. The highest BCUT2D eigenvalue weighted by Gasteiger charge is 2.31. The molecular formula is C27H27F3N4O3S2. The minimum Gasteiger partial charge on any atom is -0.406 e. The number of para-hydroxylation sites is 1. The van der Waals surface area contributed by atoms with Crippen molar-refractivity contribution in [2.75, 3.05) is 18.4 Å². The molecule has 1 amide bonds. The molecule has 0 radical (unpaired) electrons. The number of anilines is 1. The lowest BCUT2D eigenvalue weighted by atomic mass is 9.98. The molecule has 0 aliphatic carbocycles. The molecule has 39 heavy (non-hydrogen) atoms. The minimum atomic E-state index is -4.77. The molecule has 0 bridgehead atoms. The van der Waals surface area contributed by atoms with Gasteiger partial charge in [-0.05, 0) is 55.2 Å². The molecule has 1 aromatic heterocycles. The van der Waals surface area contributed by atoms with Crippen LogP contribution in [0.15, 0.2) is 53.9 Å². The minimum absolute atomic E-state index is 0.202. The molecule has 2 heterocycles. The fraction of sp³-hybridized carbons (Fsp3) is 0.333. The second-order valence-electron chi connectivity index (χ2n) is 9.00. The van der Waals surface area contributed by atoms with Crippen LogP contribution in [0.2, 0.25) is 0 Å². The number of nitrogens with zero attached hydrogens (tertiary/aromatic N) is 2. The lowest BCUT2D eigenvalue weighted by molar-refractivity contribution is -0.274. The van der Waals surface area contributed by atoms with Gasteiger partial charge in [0, 0.05) is 35.6 Å². The molecular weight excluding hydrogens is 549 g/mol. The molecule has 4 rings (SSSR count). The first-order valence-electron chi connectivity index (χ1n) is 12.4. The van der Waals surface area contributed by atoms with Gasteiger partial charge in [-0.15, -0.1) is 24.5 Å². The molecule has 2 aromatic carbocycles. The highest BCUT2D eigenvalue weighted by atomic mass is 32.1. The second-order valence-corrected chi connectivity index (χ2v) is 10.3. The Bertz CT molecular complexity index is 1310. The number of hydrogen-bond donors (Lipinski definition) is 2. The third-order valence-electron chi connectivity index (χ3n) is 6.37. The van der Waals surface area contributed by atoms with E-state index in [4.69, 9.17) is 12.2 Å². The second kappa shape index (κ2) is 12.6. The summed E-state index contributed by atoms with van der Waals surface area (Å²) < 4.78 is 41.4. The van der Waals surface area contributed by atoms with Gasteiger partial charge in [-0.25, -0.2) is 4.98 Å². The van der Waals surface area contributed by atoms with Crippen LogP contribution in [0.3, 0.4) is 0 Å². The van der Waals surface area contributed by atoms with Crippen LogP contribution in [0.5, 0.6) is 5.75 Å². The number of halogens is 3. The molecule has 1 aliphatic rings. The Balaban J connectivity index is 1.38. The maximum atomic E-state index is 13.0. The average molecular weight is 577 g/mol. The van der Waals surface area contributed by atoms with E-state index < -0.39 is 6.36 Å². The molecule has 0 saturated carbocycles. The SMILES string of the molecule is CCC(C=O)NC(=S)N1CCC(c2nc(C(=O)Nc3ccccc3-c3ccc(OC(F)(F)F)cc3)cs2)CC1. The van der Waals surface area contributed by atoms with Crippen LogP contribution >= 0.6 is 23.6 Å². The van der Waals surface area contributed by atoms with Gasteiger partial charge < -0.3 is 25.1 Å². The number of thiocarbonyl (C=S) groups is 1. The molecule has 1 aliphatic heterocycles. The first kappa shape index (κ1) is 28.5. The van der Waals surface area contributed by atoms with Crippen LogP contribution in [0.25, 0.3) is 11.1 Å². The maximum Gasteiger partial charge on any atom is 0.573 e. The van der Waals surface area contributed by atoms with E-state index in [0.717, 1.165) is 37.2 Å². The summed E-state index contributed by atoms with van der Waals surface area (Å²) in [5, 5.41) is 9.15. The number of aldehydes is 1. The van der Waals surface area contributed by atoms with Crippen molar-refractivity contribution < 1.29 is 27.5 Å². The molecule has 206 valence electrons. The van der Waals surface area contributed by atoms with Crippen molar-refractivity contribution in [3.8, 4) is 16.9 Å². The summed E-state index contributed by atoms with van der Waals surface area (Å²) in [7, 11) is 0. The number of hydrogen-bond acceptors (Lipinski definition) is 6. The van der Waals surface area contributed by atoms with Crippen molar-refractivity contribution in [2.24, 2.45) is 0 Å². The van der Waals surface area contributed by atoms with Gasteiger partial charge in [0.05, 0.1) is 11.0 Å². The summed E-state index contributed by atoms with van der Waals surface area (Å²) in [6.45, 7) is 3.38. The molecule has 0 spiro atoms. The van der Waals surface area contributed by atoms with Crippen molar-refractivity contribution >= 4 is 46.5 Å². The van der Waals surface area contributed by atoms with Crippen LogP contribution < -0.4 is 15.4 Å². The average Bonchev–Trinajstić information content (AvgIpc) is 3.42. The number of rotatable bonds is 8. The number of carbonyl (C=O) groups excluding carboxylic acids is 2. The van der Waals surface area contributed by atoms with Crippen LogP contribution in [0.4, 0.5) is 18.9 Å². The Morgan fingerprint density at radius 3 is 2.54 bits per heavy atom. The van der Waals surface area contributed by atoms with E-state index in [1.165, 1.54) is 35.6 Å². The molecule has 1 fully saturated rings.